The van der Waals surface area contributed by atoms with E-state index in [1.165, 1.54) is 66.3 Å². The van der Waals surface area contributed by atoms with Crippen molar-refractivity contribution in [2.45, 2.75) is 78.1 Å². The van der Waals surface area contributed by atoms with E-state index in [0.717, 1.165) is 31.2 Å². The Kier molecular flexibility index (Phi) is 10.2. The van der Waals surface area contributed by atoms with Crippen LogP contribution in [0.3, 0.4) is 0 Å². The highest BCUT2D eigenvalue weighted by Crippen LogP contribution is 2.29. The highest BCUT2D eigenvalue weighted by Gasteiger charge is 2.19. The summed E-state index contributed by atoms with van der Waals surface area (Å²) < 4.78 is 0. The van der Waals surface area contributed by atoms with Crippen LogP contribution < -0.4 is 5.46 Å². The van der Waals surface area contributed by atoms with Gasteiger partial charge in [-0.3, -0.25) is 0 Å². The number of unbranched alkanes of at least 4 members (excludes halogenated alkanes) is 6. The Morgan fingerprint density at radius 2 is 1.12 bits per heavy atom. The third kappa shape index (κ3) is 7.32. The van der Waals surface area contributed by atoms with E-state index in [-0.39, 0.29) is 0 Å². The van der Waals surface area contributed by atoms with Crippen LogP contribution in [0.1, 0.15) is 76.3 Å². The maximum Gasteiger partial charge on any atom is 0.488 e. The topological polar surface area (TPSA) is 40.5 Å². The van der Waals surface area contributed by atoms with Gasteiger partial charge in [0.1, 0.15) is 0 Å². The highest BCUT2D eigenvalue weighted by molar-refractivity contribution is 6.59. The summed E-state index contributed by atoms with van der Waals surface area (Å²) in [5, 5.41) is 20.2. The van der Waals surface area contributed by atoms with Gasteiger partial charge in [0.15, 0.2) is 0 Å². The number of rotatable bonds is 13. The Balaban J connectivity index is 1.94. The van der Waals surface area contributed by atoms with Crippen LogP contribution in [-0.2, 0) is 12.8 Å². The zero-order chi connectivity index (χ0) is 23.5. The van der Waals surface area contributed by atoms with Crippen molar-refractivity contribution >= 4 is 12.6 Å². The second-order valence-electron chi connectivity index (χ2n) is 9.15. The number of benzene rings is 3. The summed E-state index contributed by atoms with van der Waals surface area (Å²) in [6.45, 7) is 4.45. The molecule has 3 heteroatoms. The molecular formula is C30H39BO2. The van der Waals surface area contributed by atoms with Gasteiger partial charge in [0.2, 0.25) is 0 Å². The molecule has 3 aromatic carbocycles. The minimum atomic E-state index is -1.42. The van der Waals surface area contributed by atoms with Crippen LogP contribution in [-0.4, -0.2) is 17.2 Å². The summed E-state index contributed by atoms with van der Waals surface area (Å²) in [5.41, 5.74) is 7.85. The lowest BCUT2D eigenvalue weighted by atomic mass is 9.73. The van der Waals surface area contributed by atoms with Crippen LogP contribution in [0, 0.1) is 0 Å². The average Bonchev–Trinajstić information content (AvgIpc) is 2.85. The van der Waals surface area contributed by atoms with E-state index in [4.69, 9.17) is 0 Å². The molecule has 0 atom stereocenters. The number of hydrogen-bond acceptors (Lipinski definition) is 2. The first-order valence-corrected chi connectivity index (χ1v) is 12.8. The molecule has 3 rings (SSSR count). The number of aryl methyl sites for hydroxylation is 2. The third-order valence-electron chi connectivity index (χ3n) is 6.55. The summed E-state index contributed by atoms with van der Waals surface area (Å²) in [5.74, 6) is 0. The molecule has 0 fully saturated rings. The molecule has 0 heterocycles. The van der Waals surface area contributed by atoms with Crippen LogP contribution in [0.5, 0.6) is 0 Å². The lowest BCUT2D eigenvalue weighted by Crippen LogP contribution is -2.33. The van der Waals surface area contributed by atoms with E-state index in [2.05, 4.69) is 74.5 Å². The molecular weight excluding hydrogens is 403 g/mol. The van der Waals surface area contributed by atoms with E-state index in [9.17, 15) is 10.0 Å². The first-order valence-electron chi connectivity index (χ1n) is 12.8. The van der Waals surface area contributed by atoms with Crippen molar-refractivity contribution in [2.75, 3.05) is 0 Å². The van der Waals surface area contributed by atoms with Crippen LogP contribution in [0.15, 0.2) is 66.7 Å². The van der Waals surface area contributed by atoms with Gasteiger partial charge in [-0.05, 0) is 64.5 Å². The van der Waals surface area contributed by atoms with Crippen molar-refractivity contribution in [2.24, 2.45) is 0 Å². The van der Waals surface area contributed by atoms with Crippen molar-refractivity contribution in [1.82, 2.24) is 0 Å². The second kappa shape index (κ2) is 13.4. The maximum atomic E-state index is 10.1. The molecule has 0 saturated heterocycles. The fraction of sp³-hybridized carbons (Fsp3) is 0.400. The third-order valence-corrected chi connectivity index (χ3v) is 6.55. The minimum absolute atomic E-state index is 0.682. The van der Waals surface area contributed by atoms with Crippen molar-refractivity contribution in [3.63, 3.8) is 0 Å². The summed E-state index contributed by atoms with van der Waals surface area (Å²) in [4.78, 5) is 0. The van der Waals surface area contributed by atoms with Crippen molar-refractivity contribution < 1.29 is 10.0 Å². The molecule has 0 aliphatic carbocycles. The van der Waals surface area contributed by atoms with Crippen molar-refractivity contribution in [3.8, 4) is 22.3 Å². The Bertz CT molecular complexity index is 965. The SMILES string of the molecule is CCCCCCc1cc(-c2ccc(-c3ccccc3)cc2)c(CCCCCC)cc1B(O)O. The molecule has 3 aromatic rings. The zero-order valence-electron chi connectivity index (χ0n) is 20.4. The summed E-state index contributed by atoms with van der Waals surface area (Å²) in [6.07, 6.45) is 11.3. The van der Waals surface area contributed by atoms with Crippen LogP contribution in [0.2, 0.25) is 0 Å². The maximum absolute atomic E-state index is 10.1. The van der Waals surface area contributed by atoms with E-state index >= 15 is 0 Å². The van der Waals surface area contributed by atoms with Gasteiger partial charge in [-0.15, -0.1) is 0 Å². The Morgan fingerprint density at radius 3 is 1.70 bits per heavy atom. The molecule has 0 amide bonds. The number of hydrogen-bond donors (Lipinski definition) is 2. The smallest absolute Gasteiger partial charge is 0.423 e. The Hall–Kier alpha value is -2.36. The quantitative estimate of drug-likeness (QED) is 0.222. The fourth-order valence-corrected chi connectivity index (χ4v) is 4.60. The largest absolute Gasteiger partial charge is 0.488 e. The predicted octanol–water partition coefficient (Wildman–Crippen LogP) is 6.95. The molecule has 0 spiro atoms. The lowest BCUT2D eigenvalue weighted by molar-refractivity contribution is 0.425. The molecule has 2 N–H and O–H groups in total. The van der Waals surface area contributed by atoms with Gasteiger partial charge in [-0.25, -0.2) is 0 Å². The van der Waals surface area contributed by atoms with Crippen LogP contribution in [0.4, 0.5) is 0 Å². The molecule has 0 aliphatic heterocycles. The Labute approximate surface area is 200 Å². The molecule has 2 nitrogen and oxygen atoms in total. The average molecular weight is 442 g/mol. The van der Waals surface area contributed by atoms with Gasteiger partial charge in [0.25, 0.3) is 0 Å². The molecule has 0 aliphatic rings. The summed E-state index contributed by atoms with van der Waals surface area (Å²) >= 11 is 0. The first kappa shape index (κ1) is 25.3. The van der Waals surface area contributed by atoms with Crippen LogP contribution in [0.25, 0.3) is 22.3 Å². The van der Waals surface area contributed by atoms with E-state index in [0.29, 0.717) is 5.46 Å². The fourth-order valence-electron chi connectivity index (χ4n) is 4.60. The molecule has 0 bridgehead atoms. The molecule has 0 unspecified atom stereocenters. The Morgan fingerprint density at radius 1 is 0.576 bits per heavy atom. The normalized spacial score (nSPS) is 11.0. The van der Waals surface area contributed by atoms with Gasteiger partial charge in [-0.2, -0.15) is 0 Å². The molecule has 0 aromatic heterocycles. The molecule has 0 saturated carbocycles. The van der Waals surface area contributed by atoms with Gasteiger partial charge in [-0.1, -0.05) is 119 Å². The molecule has 174 valence electrons. The monoisotopic (exact) mass is 442 g/mol. The lowest BCUT2D eigenvalue weighted by Gasteiger charge is -2.17. The highest BCUT2D eigenvalue weighted by atomic mass is 16.4. The van der Waals surface area contributed by atoms with E-state index in [1.807, 2.05) is 6.07 Å². The molecule has 0 radical (unpaired) electrons. The standard InChI is InChI=1S/C30H39BO2/c1-3-5-7-10-16-27-23-30(31(32)33)28(17-11-8-6-4-2)22-29(27)26-20-18-25(19-21-26)24-14-12-9-13-15-24/h9,12-15,18-23,32-33H,3-8,10-11,16-17H2,1-2H3. The van der Waals surface area contributed by atoms with Gasteiger partial charge >= 0.3 is 7.12 Å². The van der Waals surface area contributed by atoms with Crippen molar-refractivity contribution in [1.29, 1.82) is 0 Å². The van der Waals surface area contributed by atoms with E-state index in [1.54, 1.807) is 0 Å². The van der Waals surface area contributed by atoms with Gasteiger partial charge < -0.3 is 10.0 Å². The van der Waals surface area contributed by atoms with Gasteiger partial charge in [0.05, 0.1) is 0 Å². The van der Waals surface area contributed by atoms with Crippen LogP contribution >= 0.6 is 0 Å². The summed E-state index contributed by atoms with van der Waals surface area (Å²) in [7, 11) is -1.42. The van der Waals surface area contributed by atoms with Gasteiger partial charge in [0, 0.05) is 0 Å². The zero-order valence-corrected chi connectivity index (χ0v) is 20.4. The minimum Gasteiger partial charge on any atom is -0.423 e. The second-order valence-corrected chi connectivity index (χ2v) is 9.15. The van der Waals surface area contributed by atoms with E-state index < -0.39 is 7.12 Å². The van der Waals surface area contributed by atoms with Crippen molar-refractivity contribution in [3.05, 3.63) is 77.9 Å². The predicted molar refractivity (Wildman–Crippen MR) is 143 cm³/mol. The summed E-state index contributed by atoms with van der Waals surface area (Å²) in [6, 6.07) is 23.6. The first-order chi connectivity index (χ1) is 16.1. The molecule has 33 heavy (non-hydrogen) atoms.